The average molecular weight is 507 g/mol. The monoisotopic (exact) mass is 506 g/mol. The molecule has 8 nitrogen and oxygen atoms in total. The van der Waals surface area contributed by atoms with Crippen molar-refractivity contribution in [1.82, 2.24) is 20.5 Å². The summed E-state index contributed by atoms with van der Waals surface area (Å²) in [5.41, 5.74) is 4.17. The molecule has 0 radical (unpaired) electrons. The zero-order valence-electron chi connectivity index (χ0n) is 19.8. The lowest BCUT2D eigenvalue weighted by molar-refractivity contribution is -0.143. The molecule has 3 rings (SSSR count). The number of aromatic nitrogens is 1. The minimum atomic E-state index is -0.873. The number of carbonyl (C=O) groups excluding carboxylic acids is 3. The molecule has 0 aliphatic carbocycles. The molecule has 1 aliphatic heterocycles. The molecule has 2 heterocycles. The fourth-order valence-electron chi connectivity index (χ4n) is 3.98. The Kier molecular flexibility index (Phi) is 8.33. The lowest BCUT2D eigenvalue weighted by Crippen LogP contribution is -2.58. The van der Waals surface area contributed by atoms with E-state index >= 15 is 0 Å². The predicted molar refractivity (Wildman–Crippen MR) is 132 cm³/mol. The molecule has 34 heavy (non-hydrogen) atoms. The van der Waals surface area contributed by atoms with Gasteiger partial charge in [0.25, 0.3) is 0 Å². The van der Waals surface area contributed by atoms with E-state index in [2.05, 4.69) is 15.6 Å². The van der Waals surface area contributed by atoms with Gasteiger partial charge in [0.05, 0.1) is 22.2 Å². The van der Waals surface area contributed by atoms with Gasteiger partial charge in [-0.1, -0.05) is 45.0 Å². The van der Waals surface area contributed by atoms with Gasteiger partial charge in [-0.15, -0.1) is 22.9 Å². The predicted octanol–water partition coefficient (Wildman–Crippen LogP) is 2.47. The molecule has 0 saturated carbocycles. The van der Waals surface area contributed by atoms with E-state index in [1.54, 1.807) is 11.3 Å². The van der Waals surface area contributed by atoms with Gasteiger partial charge in [0.2, 0.25) is 17.7 Å². The van der Waals surface area contributed by atoms with E-state index in [0.717, 1.165) is 21.7 Å². The largest absolute Gasteiger partial charge is 0.391 e. The van der Waals surface area contributed by atoms with Crippen LogP contribution in [0, 0.1) is 12.3 Å². The zero-order valence-corrected chi connectivity index (χ0v) is 21.4. The standard InChI is InChI=1S/C24H31ClN4O4S/c1-14-20(34-13-27-14)16-7-5-15(6-8-16)11-26-22(32)18-9-17(30)12-29(18)23(33)21(24(2,3)4)28-19(31)10-25/h5-8,13,17-18,21,30H,9-12H2,1-4H3,(H,26,32)(H,28,31)/t17-,18+,21-/m1/s1. The number of β-amino-alcohol motifs (C(OH)–C–C–N with tert-alkyl or cyclic N) is 1. The Labute approximate surface area is 208 Å². The van der Waals surface area contributed by atoms with Crippen molar-refractivity contribution in [2.24, 2.45) is 5.41 Å². The second-order valence-corrected chi connectivity index (χ2v) is 10.7. The van der Waals surface area contributed by atoms with Crippen molar-refractivity contribution >= 4 is 40.7 Å². The Hall–Kier alpha value is -2.49. The van der Waals surface area contributed by atoms with Crippen LogP contribution in [0.15, 0.2) is 29.8 Å². The maximum absolute atomic E-state index is 13.3. The van der Waals surface area contributed by atoms with Crippen molar-refractivity contribution in [3.63, 3.8) is 0 Å². The number of carbonyl (C=O) groups is 3. The summed E-state index contributed by atoms with van der Waals surface area (Å²) in [6, 6.07) is 6.17. The average Bonchev–Trinajstić information content (AvgIpc) is 3.40. The molecule has 1 fully saturated rings. The molecule has 0 spiro atoms. The highest BCUT2D eigenvalue weighted by atomic mass is 35.5. The number of aliphatic hydroxyl groups excluding tert-OH is 1. The fraction of sp³-hybridized carbons (Fsp3) is 0.500. The highest BCUT2D eigenvalue weighted by Crippen LogP contribution is 2.28. The second kappa shape index (κ2) is 10.8. The van der Waals surface area contributed by atoms with Crippen molar-refractivity contribution in [1.29, 1.82) is 0 Å². The molecule has 0 unspecified atom stereocenters. The third kappa shape index (κ3) is 6.14. The number of rotatable bonds is 7. The SMILES string of the molecule is Cc1ncsc1-c1ccc(CNC(=O)[C@@H]2C[C@@H](O)CN2C(=O)[C@@H](NC(=O)CCl)C(C)(C)C)cc1. The maximum atomic E-state index is 13.3. The summed E-state index contributed by atoms with van der Waals surface area (Å²) in [6.45, 7) is 7.76. The molecule has 10 heteroatoms. The van der Waals surface area contributed by atoms with Crippen LogP contribution >= 0.6 is 22.9 Å². The molecule has 1 aromatic heterocycles. The number of aryl methyl sites for hydroxylation is 1. The molecule has 2 aromatic rings. The Bertz CT molecular complexity index is 1030. The van der Waals surface area contributed by atoms with Crippen LogP contribution in [-0.2, 0) is 20.9 Å². The first-order valence-corrected chi connectivity index (χ1v) is 12.5. The smallest absolute Gasteiger partial charge is 0.246 e. The zero-order chi connectivity index (χ0) is 25.0. The van der Waals surface area contributed by atoms with Gasteiger partial charge in [-0.05, 0) is 23.5 Å². The van der Waals surface area contributed by atoms with Crippen LogP contribution in [-0.4, -0.2) is 63.3 Å². The quantitative estimate of drug-likeness (QED) is 0.499. The maximum Gasteiger partial charge on any atom is 0.246 e. The lowest BCUT2D eigenvalue weighted by atomic mass is 9.85. The van der Waals surface area contributed by atoms with Crippen molar-refractivity contribution in [2.45, 2.75) is 58.8 Å². The summed E-state index contributed by atoms with van der Waals surface area (Å²) < 4.78 is 0. The Morgan fingerprint density at radius 2 is 1.94 bits per heavy atom. The first kappa shape index (κ1) is 26.1. The van der Waals surface area contributed by atoms with Crippen LogP contribution in [0.2, 0.25) is 0 Å². The molecule has 3 N–H and O–H groups in total. The van der Waals surface area contributed by atoms with Gasteiger partial charge in [-0.2, -0.15) is 0 Å². The molecule has 1 aromatic carbocycles. The molecule has 3 amide bonds. The van der Waals surface area contributed by atoms with E-state index in [0.29, 0.717) is 6.54 Å². The molecule has 0 bridgehead atoms. The molecule has 1 aliphatic rings. The number of thiazole rings is 1. The molecule has 3 atom stereocenters. The first-order chi connectivity index (χ1) is 16.0. The van der Waals surface area contributed by atoms with Crippen LogP contribution in [0.1, 0.15) is 38.4 Å². The van der Waals surface area contributed by atoms with E-state index in [1.165, 1.54) is 4.90 Å². The first-order valence-electron chi connectivity index (χ1n) is 11.1. The van der Waals surface area contributed by atoms with Crippen LogP contribution in [0.25, 0.3) is 10.4 Å². The van der Waals surface area contributed by atoms with Gasteiger partial charge in [0, 0.05) is 19.5 Å². The summed E-state index contributed by atoms with van der Waals surface area (Å²) in [5, 5.41) is 15.8. The summed E-state index contributed by atoms with van der Waals surface area (Å²) in [6.07, 6.45) is -0.674. The van der Waals surface area contributed by atoms with E-state index < -0.39 is 35.4 Å². The molecule has 184 valence electrons. The van der Waals surface area contributed by atoms with E-state index in [-0.39, 0.29) is 24.8 Å². The summed E-state index contributed by atoms with van der Waals surface area (Å²) in [4.78, 5) is 45.0. The van der Waals surface area contributed by atoms with E-state index in [9.17, 15) is 19.5 Å². The highest BCUT2D eigenvalue weighted by Gasteiger charge is 2.44. The number of amides is 3. The number of hydrogen-bond donors (Lipinski definition) is 3. The van der Waals surface area contributed by atoms with Crippen LogP contribution in [0.5, 0.6) is 0 Å². The van der Waals surface area contributed by atoms with Crippen molar-refractivity contribution in [2.75, 3.05) is 12.4 Å². The second-order valence-electron chi connectivity index (χ2n) is 9.58. The minimum absolute atomic E-state index is 0.0309. The molecular weight excluding hydrogens is 476 g/mol. The number of aliphatic hydroxyl groups is 1. The van der Waals surface area contributed by atoms with E-state index in [4.69, 9.17) is 11.6 Å². The third-order valence-corrected chi connectivity index (χ3v) is 7.05. The summed E-state index contributed by atoms with van der Waals surface area (Å²) in [7, 11) is 0. The number of likely N-dealkylation sites (tertiary alicyclic amines) is 1. The number of halogens is 1. The summed E-state index contributed by atoms with van der Waals surface area (Å²) >= 11 is 7.19. The Morgan fingerprint density at radius 3 is 2.50 bits per heavy atom. The Balaban J connectivity index is 1.67. The van der Waals surface area contributed by atoms with E-state index in [1.807, 2.05) is 57.5 Å². The number of alkyl halides is 1. The lowest BCUT2D eigenvalue weighted by Gasteiger charge is -2.35. The van der Waals surface area contributed by atoms with Crippen LogP contribution in [0.4, 0.5) is 0 Å². The number of nitrogens with one attached hydrogen (secondary N) is 2. The highest BCUT2D eigenvalue weighted by molar-refractivity contribution is 7.13. The topological polar surface area (TPSA) is 112 Å². The fourth-order valence-corrected chi connectivity index (χ4v) is 4.87. The van der Waals surface area contributed by atoms with Gasteiger partial charge in [0.15, 0.2) is 0 Å². The van der Waals surface area contributed by atoms with Gasteiger partial charge in [0.1, 0.15) is 18.0 Å². The summed E-state index contributed by atoms with van der Waals surface area (Å²) in [5.74, 6) is -1.49. The van der Waals surface area contributed by atoms with Crippen molar-refractivity contribution in [3.8, 4) is 10.4 Å². The normalized spacial score (nSPS) is 19.1. The van der Waals surface area contributed by atoms with Crippen molar-refractivity contribution in [3.05, 3.63) is 41.0 Å². The third-order valence-electron chi connectivity index (χ3n) is 5.83. The van der Waals surface area contributed by atoms with Crippen LogP contribution < -0.4 is 10.6 Å². The minimum Gasteiger partial charge on any atom is -0.391 e. The van der Waals surface area contributed by atoms with Gasteiger partial charge >= 0.3 is 0 Å². The van der Waals surface area contributed by atoms with Crippen molar-refractivity contribution < 1.29 is 19.5 Å². The Morgan fingerprint density at radius 1 is 1.26 bits per heavy atom. The van der Waals surface area contributed by atoms with Gasteiger partial charge < -0.3 is 20.6 Å². The number of benzene rings is 1. The molecular formula is C24H31ClN4O4S. The number of hydrogen-bond acceptors (Lipinski definition) is 6. The number of nitrogens with zero attached hydrogens (tertiary/aromatic N) is 2. The van der Waals surface area contributed by atoms with Crippen LogP contribution in [0.3, 0.4) is 0 Å². The molecule has 1 saturated heterocycles. The van der Waals surface area contributed by atoms with Gasteiger partial charge in [-0.3, -0.25) is 14.4 Å². The van der Waals surface area contributed by atoms with Gasteiger partial charge in [-0.25, -0.2) is 4.98 Å².